The van der Waals surface area contributed by atoms with Gasteiger partial charge in [0, 0.05) is 12.4 Å². The van der Waals surface area contributed by atoms with Crippen molar-refractivity contribution in [3.8, 4) is 12.3 Å². The van der Waals surface area contributed by atoms with Crippen LogP contribution in [0, 0.1) is 12.3 Å². The lowest BCUT2D eigenvalue weighted by molar-refractivity contribution is 0.344. The van der Waals surface area contributed by atoms with Crippen molar-refractivity contribution in [2.75, 3.05) is 25.5 Å². The third kappa shape index (κ3) is 4.32. The molecule has 2 heteroatoms. The van der Waals surface area contributed by atoms with Crippen molar-refractivity contribution in [2.45, 2.75) is 6.92 Å². The summed E-state index contributed by atoms with van der Waals surface area (Å²) in [6, 6.07) is 0. The summed E-state index contributed by atoms with van der Waals surface area (Å²) in [6.07, 6.45) is 5.10. The van der Waals surface area contributed by atoms with Gasteiger partial charge in [-0.05, 0) is 6.54 Å². The molecular weight excluding hydrogens is 134 g/mol. The summed E-state index contributed by atoms with van der Waals surface area (Å²) >= 11 is 5.50. The van der Waals surface area contributed by atoms with E-state index in [1.165, 1.54) is 0 Å². The molecule has 0 bridgehead atoms. The molecule has 9 heavy (non-hydrogen) atoms. The summed E-state index contributed by atoms with van der Waals surface area (Å²) in [5.74, 6) is 3.23. The first kappa shape index (κ1) is 8.81. The van der Waals surface area contributed by atoms with Gasteiger partial charge in [0.2, 0.25) is 0 Å². The Labute approximate surface area is 62.0 Å². The fourth-order valence-corrected chi connectivity index (χ4v) is 0.837. The molecule has 0 aliphatic carbocycles. The zero-order chi connectivity index (χ0) is 7.11. The van der Waals surface area contributed by atoms with Crippen LogP contribution in [-0.4, -0.2) is 30.4 Å². The van der Waals surface area contributed by atoms with Gasteiger partial charge in [0.1, 0.15) is 0 Å². The molecule has 0 N–H and O–H groups in total. The molecule has 0 radical (unpaired) electrons. The van der Waals surface area contributed by atoms with Crippen LogP contribution in [-0.2, 0) is 0 Å². The van der Waals surface area contributed by atoms with E-state index in [1.54, 1.807) is 0 Å². The van der Waals surface area contributed by atoms with Crippen LogP contribution in [0.4, 0.5) is 0 Å². The van der Waals surface area contributed by atoms with Gasteiger partial charge in [-0.15, -0.1) is 18.0 Å². The first-order valence-corrected chi connectivity index (χ1v) is 3.60. The van der Waals surface area contributed by atoms with Gasteiger partial charge in [-0.25, -0.2) is 0 Å². The van der Waals surface area contributed by atoms with Gasteiger partial charge in [0.15, 0.2) is 0 Å². The quantitative estimate of drug-likeness (QED) is 0.424. The lowest BCUT2D eigenvalue weighted by Crippen LogP contribution is -2.25. The lowest BCUT2D eigenvalue weighted by Gasteiger charge is -2.14. The van der Waals surface area contributed by atoms with E-state index in [0.717, 1.165) is 13.1 Å². The molecule has 0 fully saturated rings. The van der Waals surface area contributed by atoms with E-state index in [9.17, 15) is 0 Å². The highest BCUT2D eigenvalue weighted by Gasteiger charge is 1.95. The van der Waals surface area contributed by atoms with E-state index in [0.29, 0.717) is 12.4 Å². The summed E-state index contributed by atoms with van der Waals surface area (Å²) in [4.78, 5) is 2.12. The number of hydrogen-bond acceptors (Lipinski definition) is 1. The zero-order valence-electron chi connectivity index (χ0n) is 5.73. The second kappa shape index (κ2) is 5.94. The average molecular weight is 146 g/mol. The molecule has 0 aromatic heterocycles. The topological polar surface area (TPSA) is 3.24 Å². The van der Waals surface area contributed by atoms with Crippen molar-refractivity contribution in [3.63, 3.8) is 0 Å². The van der Waals surface area contributed by atoms with Crippen LogP contribution in [0.5, 0.6) is 0 Å². The van der Waals surface area contributed by atoms with E-state index >= 15 is 0 Å². The number of alkyl halides is 1. The molecule has 1 nitrogen and oxygen atoms in total. The third-order valence-corrected chi connectivity index (χ3v) is 1.33. The second-order valence-electron chi connectivity index (χ2n) is 1.76. The SMILES string of the molecule is C#CCN(CC)CCCl. The largest absolute Gasteiger partial charge is 0.291 e. The molecule has 0 unspecified atom stereocenters. The summed E-state index contributed by atoms with van der Waals surface area (Å²) in [7, 11) is 0. The highest BCUT2D eigenvalue weighted by molar-refractivity contribution is 6.18. The maximum Gasteiger partial charge on any atom is 0.0599 e. The molecule has 0 rings (SSSR count). The lowest BCUT2D eigenvalue weighted by atomic mass is 10.5. The molecule has 0 spiro atoms. The molecule has 0 aliphatic heterocycles. The molecule has 0 heterocycles. The summed E-state index contributed by atoms with van der Waals surface area (Å²) in [6.45, 7) is 4.66. The number of hydrogen-bond donors (Lipinski definition) is 0. The first-order chi connectivity index (χ1) is 4.35. The molecule has 0 amide bonds. The zero-order valence-corrected chi connectivity index (χ0v) is 6.49. The van der Waals surface area contributed by atoms with Gasteiger partial charge in [-0.2, -0.15) is 0 Å². The Kier molecular flexibility index (Phi) is 5.81. The normalized spacial score (nSPS) is 9.56. The molecule has 0 aromatic rings. The summed E-state index contributed by atoms with van der Waals surface area (Å²) in [5, 5.41) is 0. The monoisotopic (exact) mass is 145 g/mol. The van der Waals surface area contributed by atoms with Crippen LogP contribution in [0.15, 0.2) is 0 Å². The Bertz CT molecular complexity index is 95.6. The predicted molar refractivity (Wildman–Crippen MR) is 41.7 cm³/mol. The van der Waals surface area contributed by atoms with Crippen LogP contribution in [0.1, 0.15) is 6.92 Å². The van der Waals surface area contributed by atoms with Gasteiger partial charge in [-0.3, -0.25) is 4.90 Å². The first-order valence-electron chi connectivity index (χ1n) is 3.07. The number of rotatable bonds is 4. The van der Waals surface area contributed by atoms with Gasteiger partial charge >= 0.3 is 0 Å². The Morgan fingerprint density at radius 1 is 1.67 bits per heavy atom. The minimum absolute atomic E-state index is 0.662. The van der Waals surface area contributed by atoms with E-state index in [4.69, 9.17) is 18.0 Å². The highest BCUT2D eigenvalue weighted by atomic mass is 35.5. The fourth-order valence-electron chi connectivity index (χ4n) is 0.598. The van der Waals surface area contributed by atoms with E-state index in [-0.39, 0.29) is 0 Å². The van der Waals surface area contributed by atoms with Crippen molar-refractivity contribution in [2.24, 2.45) is 0 Å². The Balaban J connectivity index is 3.32. The van der Waals surface area contributed by atoms with Crippen LogP contribution in [0.3, 0.4) is 0 Å². The second-order valence-corrected chi connectivity index (χ2v) is 2.14. The van der Waals surface area contributed by atoms with Gasteiger partial charge in [0.25, 0.3) is 0 Å². The van der Waals surface area contributed by atoms with Crippen LogP contribution >= 0.6 is 11.6 Å². The predicted octanol–water partition coefficient (Wildman–Crippen LogP) is 1.18. The van der Waals surface area contributed by atoms with Crippen molar-refractivity contribution < 1.29 is 0 Å². The van der Waals surface area contributed by atoms with Crippen molar-refractivity contribution in [3.05, 3.63) is 0 Å². The van der Waals surface area contributed by atoms with E-state index < -0.39 is 0 Å². The minimum atomic E-state index is 0.662. The third-order valence-electron chi connectivity index (χ3n) is 1.16. The number of nitrogens with zero attached hydrogens (tertiary/aromatic N) is 1. The minimum Gasteiger partial charge on any atom is -0.291 e. The standard InChI is InChI=1S/C7H12ClN/c1-3-6-9(4-2)7-5-8/h1H,4-7H2,2H3. The Morgan fingerprint density at radius 2 is 2.33 bits per heavy atom. The van der Waals surface area contributed by atoms with Gasteiger partial charge in [-0.1, -0.05) is 12.8 Å². The van der Waals surface area contributed by atoms with Crippen LogP contribution < -0.4 is 0 Å². The van der Waals surface area contributed by atoms with E-state index in [2.05, 4.69) is 17.7 Å². The van der Waals surface area contributed by atoms with Crippen molar-refractivity contribution in [1.29, 1.82) is 0 Å². The molecule has 0 aromatic carbocycles. The van der Waals surface area contributed by atoms with E-state index in [1.807, 2.05) is 0 Å². The maximum atomic E-state index is 5.50. The van der Waals surface area contributed by atoms with Gasteiger partial charge in [0.05, 0.1) is 6.54 Å². The smallest absolute Gasteiger partial charge is 0.0599 e. The fraction of sp³-hybridized carbons (Fsp3) is 0.714. The molecular formula is C7H12ClN. The molecule has 52 valence electrons. The molecule has 0 saturated carbocycles. The summed E-state index contributed by atoms with van der Waals surface area (Å²) < 4.78 is 0. The Hall–Kier alpha value is -0.190. The number of halogens is 1. The number of terminal acetylenes is 1. The maximum absolute atomic E-state index is 5.50. The average Bonchev–Trinajstić information content (AvgIpc) is 1.88. The highest BCUT2D eigenvalue weighted by Crippen LogP contribution is 1.86. The molecule has 0 atom stereocenters. The van der Waals surface area contributed by atoms with Crippen molar-refractivity contribution >= 4 is 11.6 Å². The van der Waals surface area contributed by atoms with Crippen LogP contribution in [0.2, 0.25) is 0 Å². The summed E-state index contributed by atoms with van der Waals surface area (Å²) in [5.41, 5.74) is 0. The Morgan fingerprint density at radius 3 is 2.67 bits per heavy atom. The molecule has 0 aliphatic rings. The van der Waals surface area contributed by atoms with Gasteiger partial charge < -0.3 is 0 Å². The van der Waals surface area contributed by atoms with Crippen molar-refractivity contribution in [1.82, 2.24) is 4.90 Å². The molecule has 0 saturated heterocycles. The van der Waals surface area contributed by atoms with Crippen LogP contribution in [0.25, 0.3) is 0 Å².